The van der Waals surface area contributed by atoms with Crippen LogP contribution in [0, 0.1) is 0 Å². The van der Waals surface area contributed by atoms with E-state index in [0.717, 1.165) is 19.3 Å². The third-order valence-corrected chi connectivity index (χ3v) is 5.81. The van der Waals surface area contributed by atoms with E-state index in [0.29, 0.717) is 24.5 Å². The highest BCUT2D eigenvalue weighted by molar-refractivity contribution is 5.94. The van der Waals surface area contributed by atoms with Crippen molar-refractivity contribution in [2.75, 3.05) is 25.5 Å². The van der Waals surface area contributed by atoms with Crippen LogP contribution < -0.4 is 5.32 Å². The van der Waals surface area contributed by atoms with Gasteiger partial charge in [0.15, 0.2) is 0 Å². The Morgan fingerprint density at radius 1 is 1.28 bits per heavy atom. The van der Waals surface area contributed by atoms with Crippen molar-refractivity contribution in [1.29, 1.82) is 0 Å². The number of aliphatic hydroxyl groups excluding tert-OH is 1. The van der Waals surface area contributed by atoms with Gasteiger partial charge in [-0.25, -0.2) is 4.98 Å². The normalized spacial score (nSPS) is 21.2. The fourth-order valence-electron chi connectivity index (χ4n) is 4.36. The number of nitrogens with zero attached hydrogens (tertiary/aromatic N) is 2. The van der Waals surface area contributed by atoms with Crippen LogP contribution in [-0.4, -0.2) is 47.1 Å². The number of carbonyl (C=O) groups excluding carboxylic acids is 1. The van der Waals surface area contributed by atoms with Crippen molar-refractivity contribution in [2.24, 2.45) is 0 Å². The molecule has 25 heavy (non-hydrogen) atoms. The van der Waals surface area contributed by atoms with Crippen molar-refractivity contribution in [3.05, 3.63) is 59.3 Å². The summed E-state index contributed by atoms with van der Waals surface area (Å²) in [5, 5.41) is 13.7. The van der Waals surface area contributed by atoms with Crippen LogP contribution in [-0.2, 0) is 11.8 Å². The molecule has 1 saturated heterocycles. The van der Waals surface area contributed by atoms with E-state index in [1.165, 1.54) is 11.1 Å². The Balaban J connectivity index is 1.53. The Morgan fingerprint density at radius 3 is 2.80 bits per heavy atom. The first-order valence-electron chi connectivity index (χ1n) is 8.83. The summed E-state index contributed by atoms with van der Waals surface area (Å²) in [4.78, 5) is 18.9. The van der Waals surface area contributed by atoms with Crippen LogP contribution in [0.25, 0.3) is 0 Å². The molecule has 4 rings (SSSR count). The van der Waals surface area contributed by atoms with E-state index in [1.54, 1.807) is 25.4 Å². The zero-order valence-electron chi connectivity index (χ0n) is 14.4. The Bertz CT molecular complexity index is 797. The number of hydrogen-bond donors (Lipinski definition) is 2. The van der Waals surface area contributed by atoms with Gasteiger partial charge < -0.3 is 15.3 Å². The zero-order valence-corrected chi connectivity index (χ0v) is 14.4. The number of aliphatic hydroxyl groups is 1. The van der Waals surface area contributed by atoms with Crippen molar-refractivity contribution >= 4 is 11.7 Å². The smallest absolute Gasteiger partial charge is 0.254 e. The van der Waals surface area contributed by atoms with Gasteiger partial charge in [0.2, 0.25) is 0 Å². The second-order valence-corrected chi connectivity index (χ2v) is 7.01. The molecule has 5 heteroatoms. The predicted octanol–water partition coefficient (Wildman–Crippen LogP) is 2.21. The van der Waals surface area contributed by atoms with Crippen molar-refractivity contribution in [3.63, 3.8) is 0 Å². The summed E-state index contributed by atoms with van der Waals surface area (Å²) in [7, 11) is 1.79. The predicted molar refractivity (Wildman–Crippen MR) is 96.8 cm³/mol. The molecule has 1 aromatic heterocycles. The molecule has 1 aliphatic carbocycles. The van der Waals surface area contributed by atoms with E-state index < -0.39 is 0 Å². The number of benzene rings is 1. The minimum absolute atomic E-state index is 0.0366. The number of amides is 1. The Kier molecular flexibility index (Phi) is 3.96. The van der Waals surface area contributed by atoms with Crippen LogP contribution in [0.15, 0.2) is 42.6 Å². The molecule has 0 radical (unpaired) electrons. The summed E-state index contributed by atoms with van der Waals surface area (Å²) in [6.07, 6.45) is 3.64. The van der Waals surface area contributed by atoms with E-state index >= 15 is 0 Å². The van der Waals surface area contributed by atoms with Crippen molar-refractivity contribution in [3.8, 4) is 0 Å². The molecular formula is C20H23N3O2. The summed E-state index contributed by atoms with van der Waals surface area (Å²) in [5.41, 5.74) is 2.99. The number of nitrogens with one attached hydrogen (secondary N) is 1. The molecule has 0 saturated carbocycles. The van der Waals surface area contributed by atoms with Gasteiger partial charge in [0.25, 0.3) is 5.91 Å². The number of carbonyl (C=O) groups is 1. The van der Waals surface area contributed by atoms with Crippen LogP contribution in [0.2, 0.25) is 0 Å². The molecule has 1 amide bonds. The van der Waals surface area contributed by atoms with Crippen molar-refractivity contribution in [2.45, 2.75) is 30.8 Å². The molecular weight excluding hydrogens is 314 g/mol. The fraction of sp³-hybridized carbons (Fsp3) is 0.400. The lowest BCUT2D eigenvalue weighted by atomic mass is 9.72. The first-order chi connectivity index (χ1) is 12.1. The highest BCUT2D eigenvalue weighted by Crippen LogP contribution is 2.46. The molecule has 1 spiro atoms. The third kappa shape index (κ3) is 2.59. The Labute approximate surface area is 147 Å². The molecule has 1 atom stereocenters. The van der Waals surface area contributed by atoms with Crippen molar-refractivity contribution in [1.82, 2.24) is 9.88 Å². The van der Waals surface area contributed by atoms with Gasteiger partial charge in [-0.3, -0.25) is 4.79 Å². The molecule has 5 nitrogen and oxygen atoms in total. The highest BCUT2D eigenvalue weighted by atomic mass is 16.3. The minimum Gasteiger partial charge on any atom is -0.392 e. The molecule has 2 aromatic rings. The standard InChI is InChI=1S/C20H23N3O2/c1-21-18-13-15(6-9-22-18)19(25)23-10-7-20(8-11-23)16-5-3-2-4-14(16)12-17(20)24/h2-6,9,13,17,24H,7-8,10-12H2,1H3,(H,21,22)/t17-/m1/s1. The quantitative estimate of drug-likeness (QED) is 0.882. The van der Waals surface area contributed by atoms with E-state index in [-0.39, 0.29) is 17.4 Å². The van der Waals surface area contributed by atoms with Crippen LogP contribution >= 0.6 is 0 Å². The average Bonchev–Trinajstić information content (AvgIpc) is 2.93. The molecule has 0 unspecified atom stereocenters. The number of fused-ring (bicyclic) bond motifs is 2. The Morgan fingerprint density at radius 2 is 2.04 bits per heavy atom. The topological polar surface area (TPSA) is 65.5 Å². The highest BCUT2D eigenvalue weighted by Gasteiger charge is 2.48. The SMILES string of the molecule is CNc1cc(C(=O)N2CCC3(CC2)c2ccccc2C[C@H]3O)ccn1. The zero-order chi connectivity index (χ0) is 17.4. The molecule has 0 bridgehead atoms. The van der Waals surface area contributed by atoms with Crippen LogP contribution in [0.4, 0.5) is 5.82 Å². The third-order valence-electron chi connectivity index (χ3n) is 5.81. The van der Waals surface area contributed by atoms with Gasteiger partial charge in [-0.05, 0) is 42.5 Å². The van der Waals surface area contributed by atoms with Gasteiger partial charge in [-0.1, -0.05) is 24.3 Å². The number of likely N-dealkylation sites (tertiary alicyclic amines) is 1. The van der Waals surface area contributed by atoms with Crippen LogP contribution in [0.3, 0.4) is 0 Å². The molecule has 2 aliphatic rings. The van der Waals surface area contributed by atoms with E-state index in [9.17, 15) is 9.90 Å². The summed E-state index contributed by atoms with van der Waals surface area (Å²) in [5.74, 6) is 0.731. The second-order valence-electron chi connectivity index (χ2n) is 7.01. The number of anilines is 1. The molecule has 1 aliphatic heterocycles. The van der Waals surface area contributed by atoms with Crippen LogP contribution in [0.5, 0.6) is 0 Å². The number of hydrogen-bond acceptors (Lipinski definition) is 4. The largest absolute Gasteiger partial charge is 0.392 e. The number of pyridine rings is 1. The molecule has 2 heterocycles. The van der Waals surface area contributed by atoms with Gasteiger partial charge in [0.05, 0.1) is 6.10 Å². The van der Waals surface area contributed by atoms with Gasteiger partial charge in [-0.2, -0.15) is 0 Å². The summed E-state index contributed by atoms with van der Waals surface area (Å²) >= 11 is 0. The van der Waals surface area contributed by atoms with E-state index in [4.69, 9.17) is 0 Å². The lowest BCUT2D eigenvalue weighted by Crippen LogP contribution is -2.49. The molecule has 1 aromatic carbocycles. The number of rotatable bonds is 2. The average molecular weight is 337 g/mol. The first kappa shape index (κ1) is 16.1. The molecule has 1 fully saturated rings. The van der Waals surface area contributed by atoms with E-state index in [2.05, 4.69) is 22.4 Å². The summed E-state index contributed by atoms with van der Waals surface area (Å²) in [6, 6.07) is 11.9. The summed E-state index contributed by atoms with van der Waals surface area (Å²) < 4.78 is 0. The minimum atomic E-state index is -0.348. The van der Waals surface area contributed by atoms with Crippen LogP contribution in [0.1, 0.15) is 34.3 Å². The van der Waals surface area contributed by atoms with Gasteiger partial charge in [0, 0.05) is 37.3 Å². The first-order valence-corrected chi connectivity index (χ1v) is 8.83. The van der Waals surface area contributed by atoms with Gasteiger partial charge in [0.1, 0.15) is 5.82 Å². The maximum atomic E-state index is 12.8. The Hall–Kier alpha value is -2.40. The van der Waals surface area contributed by atoms with Gasteiger partial charge >= 0.3 is 0 Å². The molecule has 130 valence electrons. The number of piperidine rings is 1. The maximum absolute atomic E-state index is 12.8. The molecule has 2 N–H and O–H groups in total. The second kappa shape index (κ2) is 6.15. The van der Waals surface area contributed by atoms with Gasteiger partial charge in [-0.15, -0.1) is 0 Å². The lowest BCUT2D eigenvalue weighted by Gasteiger charge is -2.42. The van der Waals surface area contributed by atoms with Crippen molar-refractivity contribution < 1.29 is 9.90 Å². The monoisotopic (exact) mass is 337 g/mol. The number of aromatic nitrogens is 1. The summed E-state index contributed by atoms with van der Waals surface area (Å²) in [6.45, 7) is 1.34. The lowest BCUT2D eigenvalue weighted by molar-refractivity contribution is 0.0365. The maximum Gasteiger partial charge on any atom is 0.254 e. The fourth-order valence-corrected chi connectivity index (χ4v) is 4.36. The van der Waals surface area contributed by atoms with E-state index in [1.807, 2.05) is 17.0 Å².